The van der Waals surface area contributed by atoms with E-state index in [0.717, 1.165) is 24.9 Å². The maximum atomic E-state index is 12.0. The molecule has 3 nitrogen and oxygen atoms in total. The standard InChI is InChI=1S/C17H28N2O/c1-5-14(6-2)12-18-17(20)19-16(13(3)4)15-10-8-7-9-11-15/h7-11,13-14,16H,5-6,12H2,1-4H3,(H2,18,19,20). The third-order valence-corrected chi connectivity index (χ3v) is 3.82. The lowest BCUT2D eigenvalue weighted by atomic mass is 9.96. The summed E-state index contributed by atoms with van der Waals surface area (Å²) in [5.41, 5.74) is 1.15. The van der Waals surface area contributed by atoms with E-state index in [1.54, 1.807) is 0 Å². The summed E-state index contributed by atoms with van der Waals surface area (Å²) in [5.74, 6) is 0.922. The molecule has 0 aliphatic heterocycles. The molecule has 0 spiro atoms. The fraction of sp³-hybridized carbons (Fsp3) is 0.588. The minimum atomic E-state index is -0.0700. The van der Waals surface area contributed by atoms with Crippen molar-refractivity contribution in [3.05, 3.63) is 35.9 Å². The molecule has 0 bridgehead atoms. The highest BCUT2D eigenvalue weighted by molar-refractivity contribution is 5.74. The molecule has 2 N–H and O–H groups in total. The van der Waals surface area contributed by atoms with Gasteiger partial charge in [0.25, 0.3) is 0 Å². The Morgan fingerprint density at radius 2 is 1.70 bits per heavy atom. The van der Waals surface area contributed by atoms with Gasteiger partial charge in [-0.3, -0.25) is 0 Å². The van der Waals surface area contributed by atoms with E-state index >= 15 is 0 Å². The second-order valence-corrected chi connectivity index (χ2v) is 5.67. The highest BCUT2D eigenvalue weighted by Gasteiger charge is 2.18. The summed E-state index contributed by atoms with van der Waals surface area (Å²) in [5, 5.41) is 6.08. The zero-order chi connectivity index (χ0) is 15.0. The van der Waals surface area contributed by atoms with Crippen LogP contribution >= 0.6 is 0 Å². The summed E-state index contributed by atoms with van der Waals surface area (Å²) in [6, 6.07) is 10.1. The molecular weight excluding hydrogens is 248 g/mol. The Morgan fingerprint density at radius 1 is 1.10 bits per heavy atom. The van der Waals surface area contributed by atoms with Crippen molar-refractivity contribution in [3.8, 4) is 0 Å². The third-order valence-electron chi connectivity index (χ3n) is 3.82. The second kappa shape index (κ2) is 8.62. The van der Waals surface area contributed by atoms with Gasteiger partial charge in [0.1, 0.15) is 0 Å². The quantitative estimate of drug-likeness (QED) is 0.773. The highest BCUT2D eigenvalue weighted by Crippen LogP contribution is 2.21. The zero-order valence-electron chi connectivity index (χ0n) is 13.1. The van der Waals surface area contributed by atoms with Crippen LogP contribution in [-0.4, -0.2) is 12.6 Å². The van der Waals surface area contributed by atoms with Gasteiger partial charge in [0.05, 0.1) is 6.04 Å². The van der Waals surface area contributed by atoms with Crippen molar-refractivity contribution in [2.75, 3.05) is 6.54 Å². The Kier molecular flexibility index (Phi) is 7.13. The van der Waals surface area contributed by atoms with Crippen LogP contribution < -0.4 is 10.6 Å². The van der Waals surface area contributed by atoms with Crippen LogP contribution in [0.3, 0.4) is 0 Å². The van der Waals surface area contributed by atoms with Crippen LogP contribution in [0.15, 0.2) is 30.3 Å². The molecule has 0 fully saturated rings. The number of rotatable bonds is 7. The number of urea groups is 1. The molecule has 0 saturated heterocycles. The van der Waals surface area contributed by atoms with Crippen LogP contribution in [0.25, 0.3) is 0 Å². The van der Waals surface area contributed by atoms with Gasteiger partial charge in [-0.15, -0.1) is 0 Å². The predicted molar refractivity (Wildman–Crippen MR) is 84.6 cm³/mol. The molecule has 0 heterocycles. The average Bonchev–Trinajstić information content (AvgIpc) is 2.46. The van der Waals surface area contributed by atoms with Gasteiger partial charge < -0.3 is 10.6 Å². The van der Waals surface area contributed by atoms with Crippen LogP contribution in [-0.2, 0) is 0 Å². The molecule has 0 aromatic heterocycles. The maximum absolute atomic E-state index is 12.0. The first-order valence-electron chi connectivity index (χ1n) is 7.67. The highest BCUT2D eigenvalue weighted by atomic mass is 16.2. The van der Waals surface area contributed by atoms with Crippen molar-refractivity contribution in [1.29, 1.82) is 0 Å². The molecule has 1 aromatic rings. The number of hydrogen-bond acceptors (Lipinski definition) is 1. The number of carbonyl (C=O) groups excluding carboxylic acids is 1. The van der Waals surface area contributed by atoms with E-state index < -0.39 is 0 Å². The van der Waals surface area contributed by atoms with E-state index in [2.05, 4.69) is 50.5 Å². The summed E-state index contributed by atoms with van der Waals surface area (Å²) in [6.07, 6.45) is 2.20. The molecule has 0 saturated carbocycles. The van der Waals surface area contributed by atoms with E-state index in [4.69, 9.17) is 0 Å². The van der Waals surface area contributed by atoms with E-state index in [1.807, 2.05) is 18.2 Å². The lowest BCUT2D eigenvalue weighted by Gasteiger charge is -2.24. The van der Waals surface area contributed by atoms with Gasteiger partial charge in [0.2, 0.25) is 0 Å². The van der Waals surface area contributed by atoms with Crippen molar-refractivity contribution >= 4 is 6.03 Å². The average molecular weight is 276 g/mol. The summed E-state index contributed by atoms with van der Waals surface area (Å²) in [7, 11) is 0. The summed E-state index contributed by atoms with van der Waals surface area (Å²) in [4.78, 5) is 12.0. The number of nitrogens with one attached hydrogen (secondary N) is 2. The predicted octanol–water partition coefficient (Wildman–Crippen LogP) is 4.12. The lowest BCUT2D eigenvalue weighted by molar-refractivity contribution is 0.230. The van der Waals surface area contributed by atoms with Gasteiger partial charge in [-0.05, 0) is 17.4 Å². The molecule has 1 rings (SSSR count). The fourth-order valence-electron chi connectivity index (χ4n) is 2.30. The number of amides is 2. The first-order chi connectivity index (χ1) is 9.58. The zero-order valence-corrected chi connectivity index (χ0v) is 13.1. The molecule has 1 unspecified atom stereocenters. The Labute approximate surface area is 123 Å². The molecule has 1 atom stereocenters. The minimum absolute atomic E-state index is 0.0536. The third kappa shape index (κ3) is 5.24. The summed E-state index contributed by atoms with van der Waals surface area (Å²) in [6.45, 7) is 9.32. The molecular formula is C17H28N2O. The molecule has 0 aliphatic rings. The van der Waals surface area contributed by atoms with E-state index in [0.29, 0.717) is 11.8 Å². The molecule has 20 heavy (non-hydrogen) atoms. The first-order valence-corrected chi connectivity index (χ1v) is 7.67. The second-order valence-electron chi connectivity index (χ2n) is 5.67. The molecule has 0 radical (unpaired) electrons. The molecule has 2 amide bonds. The van der Waals surface area contributed by atoms with Crippen molar-refractivity contribution in [2.45, 2.75) is 46.6 Å². The molecule has 0 aliphatic carbocycles. The Bertz CT molecular complexity index is 385. The van der Waals surface area contributed by atoms with Crippen molar-refractivity contribution in [2.24, 2.45) is 11.8 Å². The normalized spacial score (nSPS) is 12.5. The maximum Gasteiger partial charge on any atom is 0.315 e. The van der Waals surface area contributed by atoms with Crippen molar-refractivity contribution in [1.82, 2.24) is 10.6 Å². The van der Waals surface area contributed by atoms with Crippen LogP contribution in [0.5, 0.6) is 0 Å². The summed E-state index contributed by atoms with van der Waals surface area (Å²) >= 11 is 0. The minimum Gasteiger partial charge on any atom is -0.338 e. The van der Waals surface area contributed by atoms with Crippen LogP contribution in [0.4, 0.5) is 4.79 Å². The Hall–Kier alpha value is -1.51. The van der Waals surface area contributed by atoms with E-state index in [9.17, 15) is 4.79 Å². The van der Waals surface area contributed by atoms with Crippen molar-refractivity contribution < 1.29 is 4.79 Å². The number of benzene rings is 1. The van der Waals surface area contributed by atoms with Gasteiger partial charge in [0, 0.05) is 6.54 Å². The fourth-order valence-corrected chi connectivity index (χ4v) is 2.30. The largest absolute Gasteiger partial charge is 0.338 e. The molecule has 3 heteroatoms. The van der Waals surface area contributed by atoms with E-state index in [1.165, 1.54) is 0 Å². The topological polar surface area (TPSA) is 41.1 Å². The van der Waals surface area contributed by atoms with Crippen molar-refractivity contribution in [3.63, 3.8) is 0 Å². The molecule has 112 valence electrons. The van der Waals surface area contributed by atoms with Crippen LogP contribution in [0.2, 0.25) is 0 Å². The Morgan fingerprint density at radius 3 is 2.20 bits per heavy atom. The smallest absolute Gasteiger partial charge is 0.315 e. The monoisotopic (exact) mass is 276 g/mol. The lowest BCUT2D eigenvalue weighted by Crippen LogP contribution is -2.41. The van der Waals surface area contributed by atoms with Gasteiger partial charge in [-0.25, -0.2) is 4.79 Å². The number of hydrogen-bond donors (Lipinski definition) is 2. The molecule has 1 aromatic carbocycles. The van der Waals surface area contributed by atoms with Gasteiger partial charge in [-0.1, -0.05) is 70.9 Å². The Balaban J connectivity index is 2.56. The van der Waals surface area contributed by atoms with Crippen LogP contribution in [0.1, 0.15) is 52.1 Å². The van der Waals surface area contributed by atoms with Gasteiger partial charge in [0.15, 0.2) is 0 Å². The van der Waals surface area contributed by atoms with E-state index in [-0.39, 0.29) is 12.1 Å². The SMILES string of the molecule is CCC(CC)CNC(=O)NC(c1ccccc1)C(C)C. The van der Waals surface area contributed by atoms with Gasteiger partial charge in [-0.2, -0.15) is 0 Å². The number of carbonyl (C=O) groups is 1. The summed E-state index contributed by atoms with van der Waals surface area (Å²) < 4.78 is 0. The first kappa shape index (κ1) is 16.5. The van der Waals surface area contributed by atoms with Gasteiger partial charge >= 0.3 is 6.03 Å². The van der Waals surface area contributed by atoms with Crippen LogP contribution in [0, 0.1) is 11.8 Å².